The minimum Gasteiger partial charge on any atom is -0.507 e. The van der Waals surface area contributed by atoms with Gasteiger partial charge in [0.2, 0.25) is 11.4 Å². The van der Waals surface area contributed by atoms with E-state index in [-0.39, 0.29) is 29.7 Å². The molecule has 6 N–H and O–H groups in total. The summed E-state index contributed by atoms with van der Waals surface area (Å²) in [7, 11) is 5.40. The number of carbonyl (C=O) groups is 3. The van der Waals surface area contributed by atoms with Gasteiger partial charge in [-0.3, -0.25) is 14.4 Å². The van der Waals surface area contributed by atoms with Gasteiger partial charge in [-0.25, -0.2) is 4.79 Å². The molecular weight excluding hydrogens is 854 g/mol. The molecule has 65 heavy (non-hydrogen) atoms. The van der Waals surface area contributed by atoms with E-state index in [0.29, 0.717) is 0 Å². The highest BCUT2D eigenvalue weighted by atomic mass is 16.7. The molecule has 4 aliphatic heterocycles. The van der Waals surface area contributed by atoms with Crippen molar-refractivity contribution in [3.05, 3.63) is 73.6 Å². The normalized spacial score (nSPS) is 37.9. The Labute approximate surface area is 373 Å². The molecule has 5 aliphatic rings. The van der Waals surface area contributed by atoms with Crippen LogP contribution in [0.3, 0.4) is 0 Å². The highest BCUT2D eigenvalue weighted by Crippen LogP contribution is 2.50. The van der Waals surface area contributed by atoms with Crippen LogP contribution in [-0.2, 0) is 53.9 Å². The average Bonchev–Trinajstić information content (AvgIpc) is 3.91. The van der Waals surface area contributed by atoms with Gasteiger partial charge in [0.15, 0.2) is 23.1 Å². The number of aliphatic hydroxyl groups excluding tert-OH is 3. The number of rotatable bonds is 10. The molecule has 4 saturated heterocycles. The summed E-state index contributed by atoms with van der Waals surface area (Å²) in [4.78, 5) is 58.3. The van der Waals surface area contributed by atoms with Gasteiger partial charge in [-0.05, 0) is 67.1 Å². The van der Waals surface area contributed by atoms with Crippen molar-refractivity contribution in [2.75, 3.05) is 28.4 Å². The Bertz CT molecular complexity index is 2470. The molecule has 0 spiro atoms. The van der Waals surface area contributed by atoms with Gasteiger partial charge in [-0.15, -0.1) is 0 Å². The first kappa shape index (κ1) is 47.3. The fourth-order valence-corrected chi connectivity index (χ4v) is 10.2. The van der Waals surface area contributed by atoms with Crippen molar-refractivity contribution >= 4 is 28.5 Å². The van der Waals surface area contributed by atoms with Gasteiger partial charge >= 0.3 is 5.97 Å². The number of nitrogens with one attached hydrogen (secondary N) is 1. The van der Waals surface area contributed by atoms with Crippen LogP contribution in [0.2, 0.25) is 0 Å². The second-order valence-electron chi connectivity index (χ2n) is 18.2. The topological polar surface area (TPSA) is 272 Å². The monoisotopic (exact) mass is 911 g/mol. The zero-order chi connectivity index (χ0) is 47.4. The van der Waals surface area contributed by atoms with Gasteiger partial charge in [-0.2, -0.15) is 0 Å². The number of likely N-dealkylation sites (N-methyl/N-ethyl adjacent to an activating group) is 1. The third-order valence-electron chi connectivity index (χ3n) is 14.4. The van der Waals surface area contributed by atoms with E-state index in [9.17, 15) is 39.9 Å². The van der Waals surface area contributed by atoms with E-state index in [2.05, 4.69) is 5.32 Å². The van der Waals surface area contributed by atoms with E-state index in [0.717, 1.165) is 19.2 Å². The molecule has 3 aromatic rings. The van der Waals surface area contributed by atoms with Crippen molar-refractivity contribution < 1.29 is 82.2 Å². The van der Waals surface area contributed by atoms with E-state index in [1.165, 1.54) is 33.3 Å². The zero-order valence-electron chi connectivity index (χ0n) is 37.8. The van der Waals surface area contributed by atoms with Crippen LogP contribution in [0.4, 0.5) is 0 Å². The number of carbonyl (C=O) groups excluding carboxylic acids is 3. The molecule has 3 unspecified atom stereocenters. The minimum absolute atomic E-state index is 0.0349. The summed E-state index contributed by atoms with van der Waals surface area (Å²) < 4.78 is 52.9. The second kappa shape index (κ2) is 16.8. The Morgan fingerprint density at radius 3 is 2.15 bits per heavy atom. The van der Waals surface area contributed by atoms with Crippen molar-refractivity contribution in [3.63, 3.8) is 0 Å². The first-order valence-electron chi connectivity index (χ1n) is 21.6. The maximum atomic E-state index is 15.1. The molecule has 2 aromatic carbocycles. The van der Waals surface area contributed by atoms with Crippen LogP contribution in [0.25, 0.3) is 11.0 Å². The van der Waals surface area contributed by atoms with Gasteiger partial charge in [0, 0.05) is 54.5 Å². The average molecular weight is 912 g/mol. The highest BCUT2D eigenvalue weighted by molar-refractivity contribution is 6.32. The Balaban J connectivity index is 1.24. The van der Waals surface area contributed by atoms with E-state index in [1.54, 1.807) is 34.7 Å². The Morgan fingerprint density at radius 1 is 0.862 bits per heavy atom. The maximum Gasteiger partial charge on any atom is 0.345 e. The van der Waals surface area contributed by atoms with Crippen molar-refractivity contribution in [1.82, 2.24) is 5.32 Å². The fourth-order valence-electron chi connectivity index (χ4n) is 10.2. The number of fused-ring (bicyclic) bond motifs is 4. The van der Waals surface area contributed by atoms with Crippen molar-refractivity contribution in [1.29, 1.82) is 0 Å². The Hall–Kier alpha value is -4.22. The maximum absolute atomic E-state index is 15.1. The molecule has 1 aliphatic carbocycles. The predicted molar refractivity (Wildman–Crippen MR) is 224 cm³/mol. The van der Waals surface area contributed by atoms with E-state index in [4.69, 9.17) is 42.3 Å². The number of phenolic OH excluding ortho intramolecular Hbond substituents is 1. The summed E-state index contributed by atoms with van der Waals surface area (Å²) in [6, 6.07) is 4.90. The number of hydrogen-bond acceptors (Lipinski definition) is 19. The van der Waals surface area contributed by atoms with Crippen LogP contribution in [0.5, 0.6) is 5.75 Å². The number of hydrogen-bond donors (Lipinski definition) is 6. The number of esters is 1. The van der Waals surface area contributed by atoms with Crippen molar-refractivity contribution in [2.24, 2.45) is 0 Å². The van der Waals surface area contributed by atoms with Gasteiger partial charge in [-0.1, -0.05) is 6.07 Å². The smallest absolute Gasteiger partial charge is 0.345 e. The van der Waals surface area contributed by atoms with E-state index in [1.807, 2.05) is 6.92 Å². The van der Waals surface area contributed by atoms with Crippen LogP contribution in [0.15, 0.2) is 33.5 Å². The largest absolute Gasteiger partial charge is 0.507 e. The SMILES string of the molecule is CN[C@@]1(C)C[C@H](c2ccc3c(c2O)C(=O)c2c(cc(C(O)(C(=O)OC)[C@H]4O[C@H](C)[C@@H](O)[C@@H](OC)[C@@H]4O)c4c(=O)cc(C5(C)OC5C)oc24)C3=O)O[C@@H](C)[C@H]1O[C@@H]1C[C@H](OC)[C@H](O)[C@@H](C)O1. The molecule has 0 radical (unpaired) electrons. The van der Waals surface area contributed by atoms with Crippen LogP contribution in [0.1, 0.15) is 109 Å². The summed E-state index contributed by atoms with van der Waals surface area (Å²) in [6.45, 7) is 10.2. The molecule has 1 aromatic heterocycles. The van der Waals surface area contributed by atoms with Gasteiger partial charge in [0.05, 0.1) is 60.2 Å². The van der Waals surface area contributed by atoms with Crippen LogP contribution in [0, 0.1) is 0 Å². The summed E-state index contributed by atoms with van der Waals surface area (Å²) in [6.07, 6.45) is -12.6. The van der Waals surface area contributed by atoms with E-state index < -0.39 is 158 Å². The molecule has 5 heterocycles. The molecule has 0 amide bonds. The molecule has 19 nitrogen and oxygen atoms in total. The lowest BCUT2D eigenvalue weighted by Crippen LogP contribution is -2.65. The first-order chi connectivity index (χ1) is 30.6. The molecule has 0 saturated carbocycles. The zero-order valence-corrected chi connectivity index (χ0v) is 37.8. The standard InChI is InChI=1S/C46H57NO18/c1-17-33(49)26(57-8)15-29(61-17)64-41-19(3)60-27(16-44(41,5)47-7)21-11-12-22-30(36(21)52)37(53)31-23(35(22)51)13-24(32-25(48)14-28(63-39(31)32)45(6)20(4)65-45)46(56,43(55)59-10)42-38(54)40(58-9)34(50)18(2)62-42/h11-14,17-20,26-27,29,33-34,38,40-42,47,49-50,52,54,56H,15-16H2,1-10H3/t17-,18-,19+,20?,26+,27-,29-,33-,34-,38+,40-,41-,42+,44+,45?,46?/m1/s1. The number of epoxide rings is 1. The number of benzene rings is 2. The molecule has 354 valence electrons. The Kier molecular flexibility index (Phi) is 12.2. The number of phenols is 1. The van der Waals surface area contributed by atoms with Gasteiger partial charge < -0.3 is 73.2 Å². The lowest BCUT2D eigenvalue weighted by Gasteiger charge is -2.49. The number of ether oxygens (including phenoxy) is 8. The van der Waals surface area contributed by atoms with Crippen molar-refractivity contribution in [3.8, 4) is 5.75 Å². The summed E-state index contributed by atoms with van der Waals surface area (Å²) >= 11 is 0. The summed E-state index contributed by atoms with van der Waals surface area (Å²) in [5.74, 6) is -3.79. The van der Waals surface area contributed by atoms with Crippen LogP contribution >= 0.6 is 0 Å². The molecule has 19 heteroatoms. The third-order valence-corrected chi connectivity index (χ3v) is 14.4. The molecule has 4 fully saturated rings. The molecule has 8 rings (SSSR count). The number of aliphatic hydroxyl groups is 4. The minimum atomic E-state index is -3.10. The van der Waals surface area contributed by atoms with Crippen LogP contribution < -0.4 is 10.7 Å². The fraction of sp³-hybridized carbons (Fsp3) is 0.609. The number of ketones is 2. The molecular formula is C46H57NO18. The van der Waals surface area contributed by atoms with Crippen LogP contribution in [-0.4, -0.2) is 150 Å². The van der Waals surface area contributed by atoms with Gasteiger partial charge in [0.25, 0.3) is 0 Å². The summed E-state index contributed by atoms with van der Waals surface area (Å²) in [5.41, 5.74) is -8.39. The summed E-state index contributed by atoms with van der Waals surface area (Å²) in [5, 5.41) is 60.5. The third kappa shape index (κ3) is 7.26. The highest BCUT2D eigenvalue weighted by Gasteiger charge is 2.60. The lowest BCUT2D eigenvalue weighted by atomic mass is 9.74. The first-order valence-corrected chi connectivity index (χ1v) is 21.6. The molecule has 0 bridgehead atoms. The predicted octanol–water partition coefficient (Wildman–Crippen LogP) is 1.52. The quantitative estimate of drug-likeness (QED) is 0.0972. The van der Waals surface area contributed by atoms with Gasteiger partial charge in [0.1, 0.15) is 53.7 Å². The van der Waals surface area contributed by atoms with Crippen molar-refractivity contribution in [2.45, 2.75) is 151 Å². The number of methoxy groups -OCH3 is 3. The Morgan fingerprint density at radius 2 is 1.54 bits per heavy atom. The second-order valence-corrected chi connectivity index (χ2v) is 18.2. The molecule has 16 atom stereocenters. The number of aromatic hydroxyl groups is 1. The van der Waals surface area contributed by atoms with E-state index >= 15 is 4.79 Å². The lowest BCUT2D eigenvalue weighted by molar-refractivity contribution is -0.293.